The van der Waals surface area contributed by atoms with Crippen LogP contribution in [0.5, 0.6) is 5.75 Å². The van der Waals surface area contributed by atoms with Gasteiger partial charge >= 0.3 is 0 Å². The summed E-state index contributed by atoms with van der Waals surface area (Å²) in [4.78, 5) is 0. The van der Waals surface area contributed by atoms with E-state index in [0.717, 1.165) is 40.7 Å². The lowest BCUT2D eigenvalue weighted by Crippen LogP contribution is -1.92. The maximum atomic E-state index is 10.2. The second-order valence-electron chi connectivity index (χ2n) is 11.6. The molecule has 0 aliphatic rings. The minimum Gasteiger partial charge on any atom is -0.508 e. The summed E-state index contributed by atoms with van der Waals surface area (Å²) in [6.07, 6.45) is 18.0. The van der Waals surface area contributed by atoms with E-state index in [-0.39, 0.29) is 5.75 Å². The lowest BCUT2D eigenvalue weighted by molar-refractivity contribution is 0.474. The Kier molecular flexibility index (Phi) is 11.7. The third-order valence-corrected chi connectivity index (χ3v) is 8.12. The van der Waals surface area contributed by atoms with Crippen molar-refractivity contribution >= 4 is 0 Å². The van der Waals surface area contributed by atoms with Gasteiger partial charge in [-0.2, -0.15) is 0 Å². The summed E-state index contributed by atoms with van der Waals surface area (Å²) in [6.45, 7) is 2.27. The smallest absolute Gasteiger partial charge is 0.248 e. The predicted octanol–water partition coefficient (Wildman–Crippen LogP) is 10.5. The van der Waals surface area contributed by atoms with Gasteiger partial charge in [0, 0.05) is 22.3 Å². The van der Waals surface area contributed by atoms with Crippen molar-refractivity contribution in [3.63, 3.8) is 0 Å². The standard InChI is InChI=1S/C37H44N4O3/c1-2-3-4-5-6-7-8-9-10-11-12-13-15-20-31-27-32(42)25-26-33(31)37-41-40-36(44-37)30-23-21-29(22-24-30)35-39-38-34(43-35)28-18-16-14-17-19-28/h14,16-19,21-27,42H,2-13,15,20H2,1H3. The zero-order chi connectivity index (χ0) is 30.4. The number of phenolic OH excluding ortho intramolecular Hbond substituents is 1. The summed E-state index contributed by atoms with van der Waals surface area (Å²) < 4.78 is 12.0. The van der Waals surface area contributed by atoms with Crippen LogP contribution in [-0.4, -0.2) is 25.5 Å². The highest BCUT2D eigenvalue weighted by molar-refractivity contribution is 5.65. The summed E-state index contributed by atoms with van der Waals surface area (Å²) in [5.74, 6) is 2.07. The van der Waals surface area contributed by atoms with Crippen molar-refractivity contribution in [1.82, 2.24) is 20.4 Å². The van der Waals surface area contributed by atoms with Crippen LogP contribution in [0.1, 0.15) is 96.0 Å². The molecule has 2 aromatic heterocycles. The van der Waals surface area contributed by atoms with Gasteiger partial charge in [-0.15, -0.1) is 20.4 Å². The summed E-state index contributed by atoms with van der Waals surface area (Å²) in [5.41, 5.74) is 4.39. The van der Waals surface area contributed by atoms with Gasteiger partial charge in [-0.1, -0.05) is 102 Å². The largest absolute Gasteiger partial charge is 0.508 e. The molecule has 44 heavy (non-hydrogen) atoms. The molecule has 0 bridgehead atoms. The first-order valence-electron chi connectivity index (χ1n) is 16.4. The van der Waals surface area contributed by atoms with E-state index in [9.17, 15) is 5.11 Å². The molecule has 7 nitrogen and oxygen atoms in total. The normalized spacial score (nSPS) is 11.3. The van der Waals surface area contributed by atoms with E-state index in [1.54, 1.807) is 6.07 Å². The van der Waals surface area contributed by atoms with Crippen molar-refractivity contribution in [2.75, 3.05) is 0 Å². The Morgan fingerprint density at radius 2 is 0.955 bits per heavy atom. The molecule has 0 aliphatic heterocycles. The molecule has 0 saturated carbocycles. The van der Waals surface area contributed by atoms with Crippen LogP contribution in [0.2, 0.25) is 0 Å². The van der Waals surface area contributed by atoms with Gasteiger partial charge in [-0.3, -0.25) is 0 Å². The highest BCUT2D eigenvalue weighted by atomic mass is 16.4. The van der Waals surface area contributed by atoms with Crippen LogP contribution in [-0.2, 0) is 6.42 Å². The van der Waals surface area contributed by atoms with Crippen LogP contribution in [0.4, 0.5) is 0 Å². The monoisotopic (exact) mass is 592 g/mol. The SMILES string of the molecule is CCCCCCCCCCCCCCCc1cc(O)ccc1-c1nnc(-c2ccc(-c3nnc(-c4ccccc4)o3)cc2)o1. The molecule has 0 amide bonds. The quantitative estimate of drug-likeness (QED) is 0.101. The number of benzene rings is 3. The number of phenols is 1. The molecule has 0 saturated heterocycles. The van der Waals surface area contributed by atoms with Gasteiger partial charge in [0.1, 0.15) is 5.75 Å². The molecule has 0 radical (unpaired) electrons. The molecule has 3 aromatic carbocycles. The van der Waals surface area contributed by atoms with E-state index >= 15 is 0 Å². The van der Waals surface area contributed by atoms with Crippen LogP contribution >= 0.6 is 0 Å². The first-order chi connectivity index (χ1) is 21.7. The summed E-state index contributed by atoms with van der Waals surface area (Å²) in [5, 5.41) is 27.2. The van der Waals surface area contributed by atoms with Crippen molar-refractivity contribution in [1.29, 1.82) is 0 Å². The van der Waals surface area contributed by atoms with Gasteiger partial charge < -0.3 is 13.9 Å². The molecule has 0 atom stereocenters. The van der Waals surface area contributed by atoms with E-state index in [1.807, 2.05) is 66.7 Å². The number of rotatable bonds is 18. The molecule has 0 aliphatic carbocycles. The van der Waals surface area contributed by atoms with Crippen LogP contribution in [0.25, 0.3) is 45.8 Å². The van der Waals surface area contributed by atoms with Crippen molar-refractivity contribution in [3.8, 4) is 51.6 Å². The Morgan fingerprint density at radius 1 is 0.500 bits per heavy atom. The Hall–Kier alpha value is -4.26. The molecule has 5 aromatic rings. The van der Waals surface area contributed by atoms with Gasteiger partial charge in [0.2, 0.25) is 23.6 Å². The van der Waals surface area contributed by atoms with Gasteiger partial charge in [0.05, 0.1) is 0 Å². The molecule has 1 N–H and O–H groups in total. The molecule has 0 unspecified atom stereocenters. The second kappa shape index (κ2) is 16.6. The van der Waals surface area contributed by atoms with Gasteiger partial charge in [-0.05, 0) is 73.0 Å². The highest BCUT2D eigenvalue weighted by Gasteiger charge is 2.16. The fraction of sp³-hybridized carbons (Fsp3) is 0.405. The predicted molar refractivity (Wildman–Crippen MR) is 175 cm³/mol. The van der Waals surface area contributed by atoms with Crippen LogP contribution < -0.4 is 0 Å². The van der Waals surface area contributed by atoms with Crippen molar-refractivity contribution < 1.29 is 13.9 Å². The van der Waals surface area contributed by atoms with Gasteiger partial charge in [-0.25, -0.2) is 0 Å². The second-order valence-corrected chi connectivity index (χ2v) is 11.6. The Balaban J connectivity index is 1.11. The lowest BCUT2D eigenvalue weighted by Gasteiger charge is -2.08. The van der Waals surface area contributed by atoms with Gasteiger partial charge in [0.25, 0.3) is 0 Å². The topological polar surface area (TPSA) is 98.1 Å². The zero-order valence-electron chi connectivity index (χ0n) is 25.9. The zero-order valence-corrected chi connectivity index (χ0v) is 25.9. The highest BCUT2D eigenvalue weighted by Crippen LogP contribution is 2.31. The Morgan fingerprint density at radius 3 is 1.50 bits per heavy atom. The first kappa shape index (κ1) is 31.2. The van der Waals surface area contributed by atoms with Crippen molar-refractivity contribution in [2.24, 2.45) is 0 Å². The average Bonchev–Trinajstić information content (AvgIpc) is 3.75. The van der Waals surface area contributed by atoms with Gasteiger partial charge in [0.15, 0.2) is 0 Å². The molecule has 7 heteroatoms. The lowest BCUT2D eigenvalue weighted by atomic mass is 9.99. The van der Waals surface area contributed by atoms with Crippen LogP contribution in [0.3, 0.4) is 0 Å². The Bertz CT molecular complexity index is 1540. The fourth-order valence-corrected chi connectivity index (χ4v) is 5.57. The molecule has 2 heterocycles. The third kappa shape index (κ3) is 8.88. The number of aromatic hydroxyl groups is 1. The van der Waals surface area contributed by atoms with Crippen molar-refractivity contribution in [2.45, 2.75) is 96.8 Å². The van der Waals surface area contributed by atoms with E-state index in [4.69, 9.17) is 8.83 Å². The minimum atomic E-state index is 0.255. The summed E-state index contributed by atoms with van der Waals surface area (Å²) in [6, 6.07) is 22.7. The molecular weight excluding hydrogens is 548 g/mol. The first-order valence-corrected chi connectivity index (χ1v) is 16.4. The average molecular weight is 593 g/mol. The fourth-order valence-electron chi connectivity index (χ4n) is 5.57. The van der Waals surface area contributed by atoms with E-state index in [0.29, 0.717) is 23.6 Å². The third-order valence-electron chi connectivity index (χ3n) is 8.12. The van der Waals surface area contributed by atoms with Crippen LogP contribution in [0, 0.1) is 0 Å². The number of hydrogen-bond donors (Lipinski definition) is 1. The van der Waals surface area contributed by atoms with E-state index < -0.39 is 0 Å². The molecule has 230 valence electrons. The Labute approximate surface area is 260 Å². The maximum absolute atomic E-state index is 10.2. The maximum Gasteiger partial charge on any atom is 0.248 e. The number of unbranched alkanes of at least 4 members (excludes halogenated alkanes) is 12. The number of nitrogens with zero attached hydrogens (tertiary/aromatic N) is 4. The number of aryl methyl sites for hydroxylation is 1. The summed E-state index contributed by atoms with van der Waals surface area (Å²) in [7, 11) is 0. The van der Waals surface area contributed by atoms with Crippen molar-refractivity contribution in [3.05, 3.63) is 78.4 Å². The molecular formula is C37H44N4O3. The molecule has 5 rings (SSSR count). The van der Waals surface area contributed by atoms with E-state index in [1.165, 1.54) is 77.0 Å². The summed E-state index contributed by atoms with van der Waals surface area (Å²) >= 11 is 0. The van der Waals surface area contributed by atoms with Crippen LogP contribution in [0.15, 0.2) is 81.6 Å². The number of aromatic nitrogens is 4. The minimum absolute atomic E-state index is 0.255. The molecule has 0 fully saturated rings. The van der Waals surface area contributed by atoms with E-state index in [2.05, 4.69) is 27.3 Å². The molecule has 0 spiro atoms. The number of hydrogen-bond acceptors (Lipinski definition) is 7.